The van der Waals surface area contributed by atoms with E-state index in [1.54, 1.807) is 0 Å². The van der Waals surface area contributed by atoms with Gasteiger partial charge in [-0.3, -0.25) is 18.6 Å². The predicted molar refractivity (Wildman–Crippen MR) is 128 cm³/mol. The van der Waals surface area contributed by atoms with Crippen molar-refractivity contribution in [2.24, 2.45) is 10.3 Å². The molecule has 32 heavy (non-hydrogen) atoms. The van der Waals surface area contributed by atoms with Crippen molar-refractivity contribution in [3.8, 4) is 5.75 Å². The molecule has 0 spiro atoms. The number of aryl methyl sites for hydroxylation is 1. The molecule has 174 valence electrons. The lowest BCUT2D eigenvalue weighted by Crippen LogP contribution is -2.32. The molecule has 0 saturated carbocycles. The number of benzene rings is 1. The quantitative estimate of drug-likeness (QED) is 0.405. The van der Waals surface area contributed by atoms with Gasteiger partial charge in [-0.05, 0) is 30.5 Å². The molecule has 10 nitrogen and oxygen atoms in total. The van der Waals surface area contributed by atoms with E-state index in [0.29, 0.717) is 18.0 Å². The van der Waals surface area contributed by atoms with E-state index < -0.39 is 26.4 Å². The van der Waals surface area contributed by atoms with Gasteiger partial charge in [-0.1, -0.05) is 37.3 Å². The molecule has 1 aromatic heterocycles. The van der Waals surface area contributed by atoms with E-state index in [4.69, 9.17) is 0 Å². The Hall–Kier alpha value is -2.80. The van der Waals surface area contributed by atoms with Crippen molar-refractivity contribution >= 4 is 44.1 Å². The fourth-order valence-corrected chi connectivity index (χ4v) is 4.91. The molecule has 2 heterocycles. The summed E-state index contributed by atoms with van der Waals surface area (Å²) < 4.78 is 51.9. The molecule has 1 aromatic carbocycles. The number of nitrogens with one attached hydrogen (secondary N) is 2. The summed E-state index contributed by atoms with van der Waals surface area (Å²) in [6, 6.07) is 4.10. The Morgan fingerprint density at radius 3 is 2.62 bits per heavy atom. The van der Waals surface area contributed by atoms with Gasteiger partial charge in [-0.15, -0.1) is 4.40 Å². The van der Waals surface area contributed by atoms with Gasteiger partial charge in [-0.25, -0.2) is 8.42 Å². The SMILES string of the molecule is C=Cc1cn(CCC(C)C)c(=O)c(C2=NS(O)(O)c3cc(NS(C)(=O)=O)ccc3N2)c1O. The Morgan fingerprint density at radius 1 is 1.34 bits per heavy atom. The number of aromatic hydroxyl groups is 1. The van der Waals surface area contributed by atoms with Crippen LogP contribution in [0.5, 0.6) is 5.75 Å². The van der Waals surface area contributed by atoms with Gasteiger partial charge >= 0.3 is 0 Å². The van der Waals surface area contributed by atoms with Crippen LogP contribution in [0.3, 0.4) is 0 Å². The highest BCUT2D eigenvalue weighted by atomic mass is 32.3. The van der Waals surface area contributed by atoms with Crippen molar-refractivity contribution in [1.29, 1.82) is 0 Å². The van der Waals surface area contributed by atoms with Crippen LogP contribution in [0.15, 0.2) is 45.1 Å². The summed E-state index contributed by atoms with van der Waals surface area (Å²) in [5.74, 6) is -0.248. The van der Waals surface area contributed by atoms with E-state index in [9.17, 15) is 27.4 Å². The third kappa shape index (κ3) is 4.99. The van der Waals surface area contributed by atoms with E-state index in [0.717, 1.165) is 12.7 Å². The standard InChI is InChI=1S/C20H26N4O6S2/c1-5-13-11-24(9-8-12(2)3)20(26)17(18(13)25)19-21-15-7-6-14(22-31(4,27)28)10-16(15)32(29,30)23-19/h5-7,10-12,22,25,29-30H,1,8-9H2,2-4H3,(H,21,23). The topological polar surface area (TPSA) is 153 Å². The molecule has 1 aliphatic rings. The molecule has 0 aliphatic carbocycles. The Balaban J connectivity index is 2.12. The second-order valence-electron chi connectivity index (χ2n) is 7.86. The minimum atomic E-state index is -3.80. The summed E-state index contributed by atoms with van der Waals surface area (Å²) in [5.41, 5.74) is -0.128. The maximum absolute atomic E-state index is 13.1. The van der Waals surface area contributed by atoms with Gasteiger partial charge in [0.1, 0.15) is 16.2 Å². The lowest BCUT2D eigenvalue weighted by Gasteiger charge is -2.34. The van der Waals surface area contributed by atoms with E-state index in [1.165, 1.54) is 35.0 Å². The molecule has 1 aliphatic heterocycles. The van der Waals surface area contributed by atoms with Crippen molar-refractivity contribution in [1.82, 2.24) is 4.57 Å². The number of rotatable bonds is 7. The third-order valence-electron chi connectivity index (χ3n) is 4.74. The third-order valence-corrected chi connectivity index (χ3v) is 6.71. The van der Waals surface area contributed by atoms with Gasteiger partial charge in [0.2, 0.25) is 10.0 Å². The van der Waals surface area contributed by atoms with Gasteiger partial charge in [0.05, 0.1) is 17.6 Å². The molecule has 0 atom stereocenters. The largest absolute Gasteiger partial charge is 0.506 e. The van der Waals surface area contributed by atoms with Gasteiger partial charge in [0.15, 0.2) is 5.84 Å². The van der Waals surface area contributed by atoms with Crippen LogP contribution < -0.4 is 15.6 Å². The van der Waals surface area contributed by atoms with E-state index in [2.05, 4.69) is 21.0 Å². The Bertz CT molecular complexity index is 1270. The van der Waals surface area contributed by atoms with Crippen molar-refractivity contribution in [2.45, 2.75) is 31.7 Å². The number of hydrogen-bond acceptors (Lipinski definition) is 8. The number of hydrogen-bond donors (Lipinski definition) is 5. The molecule has 0 unspecified atom stereocenters. The molecule has 0 bridgehead atoms. The lowest BCUT2D eigenvalue weighted by molar-refractivity contribution is 0.462. The molecule has 2 aromatic rings. The smallest absolute Gasteiger partial charge is 0.265 e. The molecule has 0 fully saturated rings. The van der Waals surface area contributed by atoms with E-state index in [1.807, 2.05) is 13.8 Å². The Labute approximate surface area is 187 Å². The van der Waals surface area contributed by atoms with Gasteiger partial charge < -0.3 is 15.0 Å². The number of fused-ring (bicyclic) bond motifs is 1. The summed E-state index contributed by atoms with van der Waals surface area (Å²) in [6.07, 6.45) is 4.57. The number of anilines is 2. The Morgan fingerprint density at radius 2 is 2.03 bits per heavy atom. The molecule has 0 amide bonds. The first-order valence-electron chi connectivity index (χ1n) is 9.68. The summed E-state index contributed by atoms with van der Waals surface area (Å²) >= 11 is 0. The van der Waals surface area contributed by atoms with Gasteiger partial charge in [0, 0.05) is 18.3 Å². The van der Waals surface area contributed by atoms with Crippen LogP contribution in [0.2, 0.25) is 0 Å². The van der Waals surface area contributed by atoms with Crippen LogP contribution in [0.1, 0.15) is 31.4 Å². The Kier molecular flexibility index (Phi) is 6.43. The second-order valence-corrected chi connectivity index (χ2v) is 11.3. The molecular weight excluding hydrogens is 456 g/mol. The monoisotopic (exact) mass is 482 g/mol. The van der Waals surface area contributed by atoms with Crippen molar-refractivity contribution in [2.75, 3.05) is 16.3 Å². The zero-order valence-electron chi connectivity index (χ0n) is 17.9. The van der Waals surface area contributed by atoms with Gasteiger partial charge in [0.25, 0.3) is 5.56 Å². The number of sulfonamides is 1. The van der Waals surface area contributed by atoms with E-state index in [-0.39, 0.29) is 33.4 Å². The summed E-state index contributed by atoms with van der Waals surface area (Å²) in [4.78, 5) is 13.1. The fourth-order valence-electron chi connectivity index (χ4n) is 3.17. The molecular formula is C20H26N4O6S2. The highest BCUT2D eigenvalue weighted by Gasteiger charge is 2.30. The average molecular weight is 483 g/mol. The molecule has 5 N–H and O–H groups in total. The highest BCUT2D eigenvalue weighted by Crippen LogP contribution is 2.56. The van der Waals surface area contributed by atoms with Crippen LogP contribution in [0.25, 0.3) is 6.08 Å². The summed E-state index contributed by atoms with van der Waals surface area (Å²) in [5, 5.41) is 13.5. The molecule has 0 radical (unpaired) electrons. The maximum atomic E-state index is 13.1. The van der Waals surface area contributed by atoms with Gasteiger partial charge in [-0.2, -0.15) is 0 Å². The second kappa shape index (κ2) is 8.62. The predicted octanol–water partition coefficient (Wildman–Crippen LogP) is 3.51. The number of amidine groups is 1. The number of aromatic nitrogens is 1. The zero-order valence-corrected chi connectivity index (χ0v) is 19.5. The van der Waals surface area contributed by atoms with Crippen molar-refractivity contribution in [3.63, 3.8) is 0 Å². The summed E-state index contributed by atoms with van der Waals surface area (Å²) in [6.45, 7) is 8.10. The van der Waals surface area contributed by atoms with Crippen LogP contribution >= 0.6 is 10.8 Å². The van der Waals surface area contributed by atoms with E-state index >= 15 is 0 Å². The number of pyridine rings is 1. The van der Waals surface area contributed by atoms with Crippen LogP contribution in [-0.4, -0.2) is 39.3 Å². The minimum Gasteiger partial charge on any atom is -0.506 e. The first kappa shape index (κ1) is 23.9. The average Bonchev–Trinajstić information content (AvgIpc) is 2.66. The molecule has 0 saturated heterocycles. The zero-order chi connectivity index (χ0) is 23.8. The van der Waals surface area contributed by atoms with Crippen LogP contribution in [0, 0.1) is 5.92 Å². The number of nitrogens with zero attached hydrogens (tertiary/aromatic N) is 2. The highest BCUT2D eigenvalue weighted by molar-refractivity contribution is 8.23. The van der Waals surface area contributed by atoms with Crippen molar-refractivity contribution < 1.29 is 22.6 Å². The molecule has 3 rings (SSSR count). The van der Waals surface area contributed by atoms with Crippen LogP contribution in [0.4, 0.5) is 11.4 Å². The molecule has 12 heteroatoms. The minimum absolute atomic E-state index is 0.0469. The normalized spacial score (nSPS) is 16.0. The van der Waals surface area contributed by atoms with Crippen molar-refractivity contribution in [3.05, 3.63) is 52.5 Å². The first-order chi connectivity index (χ1) is 14.8. The fraction of sp³-hybridized carbons (Fsp3) is 0.300. The first-order valence-corrected chi connectivity index (χ1v) is 13.1. The lowest BCUT2D eigenvalue weighted by atomic mass is 10.1. The maximum Gasteiger partial charge on any atom is 0.265 e. The summed E-state index contributed by atoms with van der Waals surface area (Å²) in [7, 11) is -7.38. The van der Waals surface area contributed by atoms with Crippen LogP contribution in [-0.2, 0) is 16.6 Å².